The maximum absolute atomic E-state index is 12.6. The highest BCUT2D eigenvalue weighted by molar-refractivity contribution is 7.09. The normalized spacial score (nSPS) is 11.6. The van der Waals surface area contributed by atoms with Crippen LogP contribution in [0.1, 0.15) is 17.6 Å². The molecule has 0 atom stereocenters. The summed E-state index contributed by atoms with van der Waals surface area (Å²) in [7, 11) is 0. The highest BCUT2D eigenvalue weighted by Gasteiger charge is 2.16. The zero-order valence-corrected chi connectivity index (χ0v) is 16.2. The molecule has 0 radical (unpaired) electrons. The number of nitrogens with two attached hydrogens (primary N) is 1. The summed E-state index contributed by atoms with van der Waals surface area (Å²) in [5.74, 6) is 0.121. The maximum atomic E-state index is 12.6. The number of benzene rings is 2. The minimum absolute atomic E-state index is 0.171. The third-order valence-electron chi connectivity index (χ3n) is 4.07. The molecule has 140 valence electrons. The first kappa shape index (κ1) is 18.8. The second kappa shape index (κ2) is 8.64. The Morgan fingerprint density at radius 1 is 1.26 bits per heavy atom. The van der Waals surface area contributed by atoms with E-state index in [2.05, 4.69) is 10.1 Å². The van der Waals surface area contributed by atoms with Crippen LogP contribution in [0.2, 0.25) is 0 Å². The predicted octanol–water partition coefficient (Wildman–Crippen LogP) is 3.49. The van der Waals surface area contributed by atoms with Crippen LogP contribution in [0.3, 0.4) is 0 Å². The van der Waals surface area contributed by atoms with Crippen molar-refractivity contribution in [1.29, 1.82) is 0 Å². The number of aryl methyl sites for hydroxylation is 1. The summed E-state index contributed by atoms with van der Waals surface area (Å²) in [6.07, 6.45) is 0.402. The van der Waals surface area contributed by atoms with Crippen LogP contribution in [0, 0.1) is 6.92 Å². The van der Waals surface area contributed by atoms with E-state index in [0.29, 0.717) is 18.8 Å². The van der Waals surface area contributed by atoms with Crippen molar-refractivity contribution in [1.82, 2.24) is 4.98 Å². The van der Waals surface area contributed by atoms with Gasteiger partial charge >= 0.3 is 0 Å². The molecule has 0 spiro atoms. The van der Waals surface area contributed by atoms with Gasteiger partial charge < -0.3 is 15.5 Å². The van der Waals surface area contributed by atoms with Gasteiger partial charge in [0.25, 0.3) is 5.91 Å². The second-order valence-electron chi connectivity index (χ2n) is 6.03. The lowest BCUT2D eigenvalue weighted by molar-refractivity contribution is -0.123. The first-order valence-corrected chi connectivity index (χ1v) is 9.60. The smallest absolute Gasteiger partial charge is 0.267 e. The van der Waals surface area contributed by atoms with Crippen LogP contribution in [0.5, 0.6) is 0 Å². The summed E-state index contributed by atoms with van der Waals surface area (Å²) in [6.45, 7) is 4.23. The third-order valence-corrected chi connectivity index (χ3v) is 4.90. The van der Waals surface area contributed by atoms with Crippen molar-refractivity contribution in [3.63, 3.8) is 0 Å². The molecule has 0 saturated heterocycles. The highest BCUT2D eigenvalue weighted by atomic mass is 32.1. The predicted molar refractivity (Wildman–Crippen MR) is 110 cm³/mol. The summed E-state index contributed by atoms with van der Waals surface area (Å²) < 4.78 is 0. The van der Waals surface area contributed by atoms with E-state index in [-0.39, 0.29) is 12.5 Å². The second-order valence-corrected chi connectivity index (χ2v) is 7.09. The Balaban J connectivity index is 1.66. The molecule has 0 saturated carbocycles. The number of aromatic nitrogens is 1. The van der Waals surface area contributed by atoms with Gasteiger partial charge in [-0.15, -0.1) is 11.3 Å². The first-order valence-electron chi connectivity index (χ1n) is 8.72. The van der Waals surface area contributed by atoms with Crippen molar-refractivity contribution in [3.05, 3.63) is 58.5 Å². The molecule has 1 heterocycles. The number of anilines is 1. The van der Waals surface area contributed by atoms with E-state index in [1.54, 1.807) is 16.2 Å². The van der Waals surface area contributed by atoms with Crippen LogP contribution in [0.15, 0.2) is 53.0 Å². The molecule has 0 aliphatic carbocycles. The molecule has 0 fully saturated rings. The molecular formula is C20H22N4O2S. The van der Waals surface area contributed by atoms with Gasteiger partial charge in [-0.2, -0.15) is 0 Å². The SMILES string of the molecule is CCN(C(=O)CO/N=C(/N)Cc1csc(C)n1)c1cccc2ccccc12. The third kappa shape index (κ3) is 4.62. The Kier molecular flexibility index (Phi) is 6.03. The van der Waals surface area contributed by atoms with E-state index >= 15 is 0 Å². The van der Waals surface area contributed by atoms with Crippen molar-refractivity contribution in [2.45, 2.75) is 20.3 Å². The Morgan fingerprint density at radius 3 is 2.78 bits per heavy atom. The largest absolute Gasteiger partial charge is 0.384 e. The van der Waals surface area contributed by atoms with Crippen LogP contribution in [0.25, 0.3) is 10.8 Å². The molecule has 7 heteroatoms. The van der Waals surface area contributed by atoms with E-state index in [9.17, 15) is 4.79 Å². The molecule has 0 bridgehead atoms. The van der Waals surface area contributed by atoms with Gasteiger partial charge in [0.05, 0.1) is 22.8 Å². The molecule has 1 aromatic heterocycles. The lowest BCUT2D eigenvalue weighted by Gasteiger charge is -2.22. The molecule has 0 aliphatic rings. The van der Waals surface area contributed by atoms with Gasteiger partial charge in [-0.3, -0.25) is 4.79 Å². The summed E-state index contributed by atoms with van der Waals surface area (Å²) >= 11 is 1.56. The van der Waals surface area contributed by atoms with Crippen molar-refractivity contribution in [3.8, 4) is 0 Å². The van der Waals surface area contributed by atoms with E-state index in [0.717, 1.165) is 27.2 Å². The molecular weight excluding hydrogens is 360 g/mol. The fourth-order valence-corrected chi connectivity index (χ4v) is 3.49. The van der Waals surface area contributed by atoms with E-state index in [4.69, 9.17) is 10.6 Å². The van der Waals surface area contributed by atoms with Crippen LogP contribution in [0.4, 0.5) is 5.69 Å². The number of amidine groups is 1. The van der Waals surface area contributed by atoms with Gasteiger partial charge in [-0.05, 0) is 25.3 Å². The summed E-state index contributed by atoms with van der Waals surface area (Å²) in [5, 5.41) is 8.87. The summed E-state index contributed by atoms with van der Waals surface area (Å²) in [6, 6.07) is 13.9. The number of thiazole rings is 1. The number of hydrogen-bond donors (Lipinski definition) is 1. The van der Waals surface area contributed by atoms with Crippen LogP contribution >= 0.6 is 11.3 Å². The average Bonchev–Trinajstić information content (AvgIpc) is 3.07. The monoisotopic (exact) mass is 382 g/mol. The quantitative estimate of drug-likeness (QED) is 0.385. The number of carbonyl (C=O) groups excluding carboxylic acids is 1. The molecule has 1 amide bonds. The van der Waals surface area contributed by atoms with Gasteiger partial charge in [0.15, 0.2) is 6.61 Å². The highest BCUT2D eigenvalue weighted by Crippen LogP contribution is 2.26. The molecule has 3 rings (SSSR count). The van der Waals surface area contributed by atoms with E-state index in [1.807, 2.05) is 61.7 Å². The lowest BCUT2D eigenvalue weighted by Crippen LogP contribution is -2.33. The topological polar surface area (TPSA) is 80.8 Å². The molecule has 3 aromatic rings. The van der Waals surface area contributed by atoms with Crippen LogP contribution in [-0.4, -0.2) is 29.9 Å². The standard InChI is InChI=1S/C20H22N4O2S/c1-3-24(18-10-6-8-15-7-4-5-9-17(15)18)20(25)12-26-23-19(21)11-16-13-27-14(2)22-16/h4-10,13H,3,11-12H2,1-2H3,(H2,21,23). The zero-order valence-electron chi connectivity index (χ0n) is 15.4. The molecule has 2 N–H and O–H groups in total. The molecule has 0 aliphatic heterocycles. The fourth-order valence-electron chi connectivity index (χ4n) is 2.88. The average molecular weight is 382 g/mol. The number of hydrogen-bond acceptors (Lipinski definition) is 5. The van der Waals surface area contributed by atoms with Crippen LogP contribution in [-0.2, 0) is 16.1 Å². The first-order chi connectivity index (χ1) is 13.1. The minimum atomic E-state index is -0.173. The Morgan fingerprint density at radius 2 is 2.04 bits per heavy atom. The van der Waals surface area contributed by atoms with Gasteiger partial charge in [0, 0.05) is 17.3 Å². The van der Waals surface area contributed by atoms with Crippen molar-refractivity contribution in [2.24, 2.45) is 10.9 Å². The van der Waals surface area contributed by atoms with Gasteiger partial charge in [-0.25, -0.2) is 4.98 Å². The summed E-state index contributed by atoms with van der Waals surface area (Å²) in [5.41, 5.74) is 7.57. The molecule has 0 unspecified atom stereocenters. The number of amides is 1. The Labute approximate surface area is 162 Å². The van der Waals surface area contributed by atoms with Crippen molar-refractivity contribution in [2.75, 3.05) is 18.1 Å². The Bertz CT molecular complexity index is 962. The molecule has 2 aromatic carbocycles. The number of carbonyl (C=O) groups is 1. The molecule has 27 heavy (non-hydrogen) atoms. The number of rotatable bonds is 7. The Hall–Kier alpha value is -2.93. The fraction of sp³-hybridized carbons (Fsp3) is 0.250. The summed E-state index contributed by atoms with van der Waals surface area (Å²) in [4.78, 5) is 23.9. The number of likely N-dealkylation sites (N-methyl/N-ethyl adjacent to an activating group) is 1. The lowest BCUT2D eigenvalue weighted by atomic mass is 10.1. The van der Waals surface area contributed by atoms with E-state index < -0.39 is 0 Å². The van der Waals surface area contributed by atoms with Crippen molar-refractivity contribution < 1.29 is 9.63 Å². The van der Waals surface area contributed by atoms with Gasteiger partial charge in [-0.1, -0.05) is 41.6 Å². The van der Waals surface area contributed by atoms with Crippen molar-refractivity contribution >= 4 is 39.5 Å². The van der Waals surface area contributed by atoms with Crippen LogP contribution < -0.4 is 10.6 Å². The van der Waals surface area contributed by atoms with Gasteiger partial charge in [0.1, 0.15) is 5.84 Å². The van der Waals surface area contributed by atoms with E-state index in [1.165, 1.54) is 0 Å². The van der Waals surface area contributed by atoms with Gasteiger partial charge in [0.2, 0.25) is 0 Å². The number of nitrogens with zero attached hydrogens (tertiary/aromatic N) is 3. The molecule has 6 nitrogen and oxygen atoms in total. The zero-order chi connectivity index (χ0) is 19.2. The number of fused-ring (bicyclic) bond motifs is 1. The number of oxime groups is 1. The maximum Gasteiger partial charge on any atom is 0.267 e. The minimum Gasteiger partial charge on any atom is -0.384 e.